The van der Waals surface area contributed by atoms with E-state index in [1.54, 1.807) is 0 Å². The van der Waals surface area contributed by atoms with Gasteiger partial charge in [0, 0.05) is 5.02 Å². The molecule has 0 N–H and O–H groups in total. The summed E-state index contributed by atoms with van der Waals surface area (Å²) in [5.74, 6) is 0.259. The predicted molar refractivity (Wildman–Crippen MR) is 48.8 cm³/mol. The molecule has 4 heteroatoms. The van der Waals surface area contributed by atoms with Crippen LogP contribution in [0.3, 0.4) is 0 Å². The van der Waals surface area contributed by atoms with Gasteiger partial charge in [-0.05, 0) is 12.1 Å². The van der Waals surface area contributed by atoms with E-state index in [2.05, 4.69) is 0 Å². The van der Waals surface area contributed by atoms with Crippen molar-refractivity contribution in [2.75, 3.05) is 7.11 Å². The molecule has 0 amide bonds. The quantitative estimate of drug-likeness (QED) is 0.698. The van der Waals surface area contributed by atoms with Crippen molar-refractivity contribution in [2.45, 2.75) is 0 Å². The van der Waals surface area contributed by atoms with E-state index in [0.717, 1.165) is 0 Å². The SMILES string of the molecule is COc1c(C=O)cc(Cl)cc1C=O. The molecular weight excluding hydrogens is 192 g/mol. The molecular formula is C9H7ClO3. The van der Waals surface area contributed by atoms with Gasteiger partial charge in [-0.25, -0.2) is 0 Å². The third-order valence-electron chi connectivity index (χ3n) is 1.57. The van der Waals surface area contributed by atoms with Gasteiger partial charge in [0.2, 0.25) is 0 Å². The zero-order chi connectivity index (χ0) is 9.84. The third-order valence-corrected chi connectivity index (χ3v) is 1.79. The van der Waals surface area contributed by atoms with Crippen LogP contribution in [-0.4, -0.2) is 19.7 Å². The van der Waals surface area contributed by atoms with Crippen LogP contribution in [0.4, 0.5) is 0 Å². The minimum atomic E-state index is 0.259. The zero-order valence-electron chi connectivity index (χ0n) is 6.91. The number of hydrogen-bond acceptors (Lipinski definition) is 3. The number of rotatable bonds is 3. The van der Waals surface area contributed by atoms with Gasteiger partial charge in [0.25, 0.3) is 0 Å². The molecule has 0 spiro atoms. The smallest absolute Gasteiger partial charge is 0.153 e. The first-order valence-corrected chi connectivity index (χ1v) is 3.88. The summed E-state index contributed by atoms with van der Waals surface area (Å²) < 4.78 is 4.89. The highest BCUT2D eigenvalue weighted by Crippen LogP contribution is 2.25. The number of methoxy groups -OCH3 is 1. The largest absolute Gasteiger partial charge is 0.495 e. The van der Waals surface area contributed by atoms with E-state index in [0.29, 0.717) is 17.6 Å². The second kappa shape index (κ2) is 4.05. The Morgan fingerprint density at radius 3 is 2.00 bits per heavy atom. The summed E-state index contributed by atoms with van der Waals surface area (Å²) in [5, 5.41) is 0.338. The first-order valence-electron chi connectivity index (χ1n) is 3.50. The van der Waals surface area contributed by atoms with Crippen molar-refractivity contribution in [1.82, 2.24) is 0 Å². The van der Waals surface area contributed by atoms with Gasteiger partial charge in [-0.1, -0.05) is 11.6 Å². The molecule has 3 nitrogen and oxygen atoms in total. The fourth-order valence-electron chi connectivity index (χ4n) is 1.05. The number of carbonyl (C=O) groups excluding carboxylic acids is 2. The monoisotopic (exact) mass is 198 g/mol. The van der Waals surface area contributed by atoms with E-state index >= 15 is 0 Å². The van der Waals surface area contributed by atoms with E-state index < -0.39 is 0 Å². The van der Waals surface area contributed by atoms with Crippen LogP contribution in [0.5, 0.6) is 5.75 Å². The molecule has 0 aliphatic carbocycles. The standard InChI is InChI=1S/C9H7ClO3/c1-13-9-6(4-11)2-8(10)3-7(9)5-12/h2-5H,1H3. The van der Waals surface area contributed by atoms with Crippen molar-refractivity contribution in [3.05, 3.63) is 28.3 Å². The molecule has 0 aromatic heterocycles. The molecule has 0 fully saturated rings. The Morgan fingerprint density at radius 2 is 1.69 bits per heavy atom. The van der Waals surface area contributed by atoms with Crippen LogP contribution in [0.2, 0.25) is 5.02 Å². The van der Waals surface area contributed by atoms with Gasteiger partial charge in [0.05, 0.1) is 18.2 Å². The molecule has 1 rings (SSSR count). The van der Waals surface area contributed by atoms with E-state index in [1.807, 2.05) is 0 Å². The average molecular weight is 199 g/mol. The number of carbonyl (C=O) groups is 2. The van der Waals surface area contributed by atoms with E-state index in [1.165, 1.54) is 19.2 Å². The fraction of sp³-hybridized carbons (Fsp3) is 0.111. The van der Waals surface area contributed by atoms with Crippen LogP contribution in [0, 0.1) is 0 Å². The lowest BCUT2D eigenvalue weighted by Crippen LogP contribution is -1.95. The fourth-order valence-corrected chi connectivity index (χ4v) is 1.28. The van der Waals surface area contributed by atoms with Crippen molar-refractivity contribution in [3.8, 4) is 5.75 Å². The number of aldehydes is 2. The topological polar surface area (TPSA) is 43.4 Å². The summed E-state index contributed by atoms with van der Waals surface area (Å²) in [6, 6.07) is 2.89. The first-order chi connectivity index (χ1) is 6.22. The Kier molecular flexibility index (Phi) is 3.03. The average Bonchev–Trinajstić information content (AvgIpc) is 2.16. The Hall–Kier alpha value is -1.35. The lowest BCUT2D eigenvalue weighted by molar-refractivity contribution is 0.111. The second-order valence-corrected chi connectivity index (χ2v) is 2.79. The summed E-state index contributed by atoms with van der Waals surface area (Å²) in [6.45, 7) is 0. The summed E-state index contributed by atoms with van der Waals surface area (Å²) in [6.07, 6.45) is 1.19. The molecule has 0 radical (unpaired) electrons. The van der Waals surface area contributed by atoms with Crippen LogP contribution in [0.1, 0.15) is 20.7 Å². The number of benzene rings is 1. The van der Waals surface area contributed by atoms with Gasteiger partial charge in [-0.3, -0.25) is 9.59 Å². The molecule has 13 heavy (non-hydrogen) atoms. The molecule has 0 unspecified atom stereocenters. The number of ether oxygens (including phenoxy) is 1. The maximum atomic E-state index is 10.6. The summed E-state index contributed by atoms with van der Waals surface area (Å²) in [5.41, 5.74) is 0.550. The molecule has 0 saturated heterocycles. The van der Waals surface area contributed by atoms with Gasteiger partial charge in [0.15, 0.2) is 12.6 Å². The molecule has 0 heterocycles. The van der Waals surface area contributed by atoms with Crippen molar-refractivity contribution in [2.24, 2.45) is 0 Å². The minimum Gasteiger partial charge on any atom is -0.495 e. The highest BCUT2D eigenvalue weighted by molar-refractivity contribution is 6.31. The van der Waals surface area contributed by atoms with Crippen molar-refractivity contribution in [3.63, 3.8) is 0 Å². The van der Waals surface area contributed by atoms with Crippen molar-refractivity contribution >= 4 is 24.2 Å². The summed E-state index contributed by atoms with van der Waals surface area (Å²) in [7, 11) is 1.39. The Bertz CT molecular complexity index is 318. The summed E-state index contributed by atoms with van der Waals surface area (Å²) in [4.78, 5) is 21.1. The number of hydrogen-bond donors (Lipinski definition) is 0. The van der Waals surface area contributed by atoms with Crippen LogP contribution in [-0.2, 0) is 0 Å². The maximum Gasteiger partial charge on any atom is 0.153 e. The van der Waals surface area contributed by atoms with Crippen molar-refractivity contribution in [1.29, 1.82) is 0 Å². The van der Waals surface area contributed by atoms with Gasteiger partial charge in [0.1, 0.15) is 5.75 Å². The molecule has 1 aromatic rings. The Balaban J connectivity index is 3.41. The zero-order valence-corrected chi connectivity index (χ0v) is 7.67. The molecule has 1 aromatic carbocycles. The van der Waals surface area contributed by atoms with Crippen LogP contribution < -0.4 is 4.74 Å². The molecule has 68 valence electrons. The van der Waals surface area contributed by atoms with Crippen LogP contribution in [0.15, 0.2) is 12.1 Å². The van der Waals surface area contributed by atoms with Gasteiger partial charge in [-0.15, -0.1) is 0 Å². The normalized spacial score (nSPS) is 9.38. The van der Waals surface area contributed by atoms with Gasteiger partial charge < -0.3 is 4.74 Å². The van der Waals surface area contributed by atoms with Crippen LogP contribution >= 0.6 is 11.6 Å². The van der Waals surface area contributed by atoms with E-state index in [4.69, 9.17) is 16.3 Å². The third kappa shape index (κ3) is 1.87. The summed E-state index contributed by atoms with van der Waals surface area (Å²) >= 11 is 5.66. The minimum absolute atomic E-state index is 0.259. The van der Waals surface area contributed by atoms with E-state index in [-0.39, 0.29) is 16.9 Å². The maximum absolute atomic E-state index is 10.6. The molecule has 0 aliphatic heterocycles. The lowest BCUT2D eigenvalue weighted by Gasteiger charge is -2.06. The lowest BCUT2D eigenvalue weighted by atomic mass is 10.1. The van der Waals surface area contributed by atoms with Crippen molar-refractivity contribution < 1.29 is 14.3 Å². The van der Waals surface area contributed by atoms with Crippen LogP contribution in [0.25, 0.3) is 0 Å². The highest BCUT2D eigenvalue weighted by atomic mass is 35.5. The first kappa shape index (κ1) is 9.74. The Morgan fingerprint density at radius 1 is 1.23 bits per heavy atom. The second-order valence-electron chi connectivity index (χ2n) is 2.35. The van der Waals surface area contributed by atoms with Gasteiger partial charge >= 0.3 is 0 Å². The highest BCUT2D eigenvalue weighted by Gasteiger charge is 2.09. The van der Waals surface area contributed by atoms with E-state index in [9.17, 15) is 9.59 Å². The Labute approximate surface area is 80.3 Å². The molecule has 0 aliphatic rings. The molecule has 0 atom stereocenters. The number of halogens is 1. The van der Waals surface area contributed by atoms with Gasteiger partial charge in [-0.2, -0.15) is 0 Å². The molecule has 0 bridgehead atoms. The predicted octanol–water partition coefficient (Wildman–Crippen LogP) is 1.97. The molecule has 0 saturated carbocycles.